The largest absolute Gasteiger partial charge is 0.497 e. The first-order valence-corrected chi connectivity index (χ1v) is 9.18. The van der Waals surface area contributed by atoms with Crippen LogP contribution in [0.15, 0.2) is 29.2 Å². The highest BCUT2D eigenvalue weighted by Gasteiger charge is 2.28. The van der Waals surface area contributed by atoms with Crippen molar-refractivity contribution in [1.82, 2.24) is 10.0 Å². The molecule has 9 nitrogen and oxygen atoms in total. The van der Waals surface area contributed by atoms with Crippen LogP contribution in [0.1, 0.15) is 20.8 Å². The van der Waals surface area contributed by atoms with Crippen LogP contribution in [0.4, 0.5) is 4.79 Å². The van der Waals surface area contributed by atoms with Gasteiger partial charge in [-0.3, -0.25) is 4.79 Å². The number of hydrogen-bond donors (Lipinski definition) is 2. The zero-order valence-electron chi connectivity index (χ0n) is 15.4. The summed E-state index contributed by atoms with van der Waals surface area (Å²) < 4.78 is 41.7. The lowest BCUT2D eigenvalue weighted by Crippen LogP contribution is -2.49. The second-order valence-electron chi connectivity index (χ2n) is 6.26. The number of esters is 1. The van der Waals surface area contributed by atoms with Gasteiger partial charge in [-0.15, -0.1) is 0 Å². The van der Waals surface area contributed by atoms with Crippen LogP contribution in [-0.2, 0) is 24.3 Å². The Morgan fingerprint density at radius 1 is 1.12 bits per heavy atom. The molecule has 1 aromatic rings. The first-order valence-electron chi connectivity index (χ1n) is 7.69. The molecule has 0 fully saturated rings. The Balaban J connectivity index is 2.85. The van der Waals surface area contributed by atoms with Crippen molar-refractivity contribution < 1.29 is 32.2 Å². The summed E-state index contributed by atoms with van der Waals surface area (Å²) >= 11 is 0. The summed E-state index contributed by atoms with van der Waals surface area (Å²) in [5.74, 6) is -0.363. The number of ether oxygens (including phenoxy) is 3. The van der Waals surface area contributed by atoms with Gasteiger partial charge in [0.15, 0.2) is 0 Å². The molecule has 0 aliphatic carbocycles. The van der Waals surface area contributed by atoms with Crippen LogP contribution < -0.4 is 14.8 Å². The Morgan fingerprint density at radius 2 is 1.69 bits per heavy atom. The van der Waals surface area contributed by atoms with E-state index in [2.05, 4.69) is 14.8 Å². The molecule has 1 aromatic carbocycles. The van der Waals surface area contributed by atoms with Gasteiger partial charge >= 0.3 is 12.1 Å². The van der Waals surface area contributed by atoms with Crippen LogP contribution in [0.3, 0.4) is 0 Å². The number of nitrogens with one attached hydrogen (secondary N) is 2. The van der Waals surface area contributed by atoms with E-state index < -0.39 is 33.7 Å². The average molecular weight is 388 g/mol. The van der Waals surface area contributed by atoms with Crippen LogP contribution in [0.5, 0.6) is 5.75 Å². The normalized spacial score (nSPS) is 12.8. The molecule has 2 N–H and O–H groups in total. The lowest BCUT2D eigenvalue weighted by atomic mass is 10.2. The second kappa shape index (κ2) is 8.86. The molecule has 0 unspecified atom stereocenters. The quantitative estimate of drug-likeness (QED) is 0.670. The van der Waals surface area contributed by atoms with Gasteiger partial charge in [-0.1, -0.05) is 0 Å². The highest BCUT2D eigenvalue weighted by Crippen LogP contribution is 2.15. The molecule has 0 saturated heterocycles. The van der Waals surface area contributed by atoms with Crippen LogP contribution in [0.25, 0.3) is 0 Å². The predicted molar refractivity (Wildman–Crippen MR) is 93.4 cm³/mol. The van der Waals surface area contributed by atoms with E-state index in [1.807, 2.05) is 0 Å². The van der Waals surface area contributed by atoms with Gasteiger partial charge in [-0.2, -0.15) is 4.72 Å². The summed E-state index contributed by atoms with van der Waals surface area (Å²) in [7, 11) is -1.45. The van der Waals surface area contributed by atoms with Crippen molar-refractivity contribution in [2.45, 2.75) is 37.3 Å². The summed E-state index contributed by atoms with van der Waals surface area (Å²) in [6, 6.07) is 4.29. The van der Waals surface area contributed by atoms with E-state index in [9.17, 15) is 18.0 Å². The number of amides is 1. The number of rotatable bonds is 7. The smallest absolute Gasteiger partial charge is 0.407 e. The molecule has 1 rings (SSSR count). The van der Waals surface area contributed by atoms with Crippen molar-refractivity contribution in [3.8, 4) is 5.75 Å². The second-order valence-corrected chi connectivity index (χ2v) is 7.97. The van der Waals surface area contributed by atoms with E-state index in [4.69, 9.17) is 9.47 Å². The summed E-state index contributed by atoms with van der Waals surface area (Å²) in [6.07, 6.45) is -0.782. The zero-order chi connectivity index (χ0) is 20.0. The molecule has 1 atom stereocenters. The molecule has 0 aliphatic heterocycles. The minimum atomic E-state index is -4.02. The maximum Gasteiger partial charge on any atom is 0.407 e. The number of carbonyl (C=O) groups is 2. The van der Waals surface area contributed by atoms with Gasteiger partial charge in [0.05, 0.1) is 19.1 Å². The number of sulfonamides is 1. The van der Waals surface area contributed by atoms with Gasteiger partial charge < -0.3 is 19.5 Å². The fourth-order valence-corrected chi connectivity index (χ4v) is 3.01. The van der Waals surface area contributed by atoms with E-state index >= 15 is 0 Å². The average Bonchev–Trinajstić information content (AvgIpc) is 2.56. The molecular weight excluding hydrogens is 364 g/mol. The van der Waals surface area contributed by atoms with Gasteiger partial charge in [0.2, 0.25) is 10.0 Å². The maximum absolute atomic E-state index is 12.4. The zero-order valence-corrected chi connectivity index (χ0v) is 16.2. The van der Waals surface area contributed by atoms with E-state index in [0.29, 0.717) is 5.75 Å². The molecule has 0 heterocycles. The summed E-state index contributed by atoms with van der Waals surface area (Å²) in [5, 5.41) is 2.34. The van der Waals surface area contributed by atoms with Crippen molar-refractivity contribution >= 4 is 22.1 Å². The summed E-state index contributed by atoms with van der Waals surface area (Å²) in [5.41, 5.74) is -0.729. The lowest BCUT2D eigenvalue weighted by molar-refractivity contribution is -0.142. The minimum Gasteiger partial charge on any atom is -0.497 e. The predicted octanol–water partition coefficient (Wildman–Crippen LogP) is 1.04. The molecule has 10 heteroatoms. The number of alkyl carbamates (subject to hydrolysis) is 1. The molecule has 0 radical (unpaired) electrons. The first-order chi connectivity index (χ1) is 12.0. The third kappa shape index (κ3) is 6.89. The highest BCUT2D eigenvalue weighted by atomic mass is 32.2. The van der Waals surface area contributed by atoms with Gasteiger partial charge in [0.1, 0.15) is 17.4 Å². The van der Waals surface area contributed by atoms with Gasteiger partial charge in [-0.25, -0.2) is 13.2 Å². The fraction of sp³-hybridized carbons (Fsp3) is 0.500. The third-order valence-corrected chi connectivity index (χ3v) is 4.49. The molecule has 0 aromatic heterocycles. The molecule has 1 amide bonds. The minimum absolute atomic E-state index is 0.0653. The Kier molecular flexibility index (Phi) is 7.40. The van der Waals surface area contributed by atoms with Crippen molar-refractivity contribution in [2.24, 2.45) is 0 Å². The van der Waals surface area contributed by atoms with E-state index in [1.54, 1.807) is 20.8 Å². The summed E-state index contributed by atoms with van der Waals surface area (Å²) in [6.45, 7) is 4.70. The molecule has 26 heavy (non-hydrogen) atoms. The topological polar surface area (TPSA) is 120 Å². The third-order valence-electron chi connectivity index (χ3n) is 3.00. The van der Waals surface area contributed by atoms with Crippen molar-refractivity contribution in [3.63, 3.8) is 0 Å². The molecule has 0 spiro atoms. The molecular formula is C16H24N2O7S. The SMILES string of the molecule is COC(=O)[C@H](CNC(=O)OC(C)(C)C)NS(=O)(=O)c1ccc(OC)cc1. The first kappa shape index (κ1) is 21.7. The van der Waals surface area contributed by atoms with Crippen LogP contribution in [0, 0.1) is 0 Å². The van der Waals surface area contributed by atoms with Crippen LogP contribution in [0.2, 0.25) is 0 Å². The number of benzene rings is 1. The Labute approximate surface area is 153 Å². The van der Waals surface area contributed by atoms with E-state index in [-0.39, 0.29) is 11.4 Å². The molecule has 0 bridgehead atoms. The Hall–Kier alpha value is -2.33. The number of hydrogen-bond acceptors (Lipinski definition) is 7. The lowest BCUT2D eigenvalue weighted by Gasteiger charge is -2.21. The van der Waals surface area contributed by atoms with Crippen LogP contribution >= 0.6 is 0 Å². The highest BCUT2D eigenvalue weighted by molar-refractivity contribution is 7.89. The van der Waals surface area contributed by atoms with Crippen molar-refractivity contribution in [3.05, 3.63) is 24.3 Å². The molecule has 0 aliphatic rings. The van der Waals surface area contributed by atoms with E-state index in [1.165, 1.54) is 31.4 Å². The molecule has 146 valence electrons. The number of methoxy groups -OCH3 is 2. The van der Waals surface area contributed by atoms with Gasteiger partial charge in [0, 0.05) is 6.54 Å². The van der Waals surface area contributed by atoms with Gasteiger partial charge in [-0.05, 0) is 45.0 Å². The monoisotopic (exact) mass is 388 g/mol. The maximum atomic E-state index is 12.4. The van der Waals surface area contributed by atoms with Crippen molar-refractivity contribution in [1.29, 1.82) is 0 Å². The van der Waals surface area contributed by atoms with Gasteiger partial charge in [0.25, 0.3) is 0 Å². The molecule has 0 saturated carbocycles. The summed E-state index contributed by atoms with van der Waals surface area (Å²) in [4.78, 5) is 23.5. The number of carbonyl (C=O) groups excluding carboxylic acids is 2. The fourth-order valence-electron chi connectivity index (χ4n) is 1.83. The van der Waals surface area contributed by atoms with Crippen molar-refractivity contribution in [2.75, 3.05) is 20.8 Å². The standard InChI is InChI=1S/C16H24N2O7S/c1-16(2,3)25-15(20)17-10-13(14(19)24-5)18-26(21,22)12-8-6-11(23-4)7-9-12/h6-9,13,18H,10H2,1-5H3,(H,17,20)/t13-/m0/s1. The van der Waals surface area contributed by atoms with Crippen LogP contribution in [-0.4, -0.2) is 52.9 Å². The Morgan fingerprint density at radius 3 is 2.15 bits per heavy atom. The Bertz CT molecular complexity index is 724. The van der Waals surface area contributed by atoms with E-state index in [0.717, 1.165) is 7.11 Å².